The molecule has 4 heteroatoms. The lowest BCUT2D eigenvalue weighted by Crippen LogP contribution is -2.59. The Balaban J connectivity index is 1.12. The zero-order valence-electron chi connectivity index (χ0n) is 38.2. The zero-order valence-corrected chi connectivity index (χ0v) is 38.2. The van der Waals surface area contributed by atoms with Gasteiger partial charge in [0.1, 0.15) is 11.5 Å². The van der Waals surface area contributed by atoms with E-state index in [4.69, 9.17) is 4.74 Å². The summed E-state index contributed by atoms with van der Waals surface area (Å²) >= 11 is 0. The molecule has 0 radical (unpaired) electrons. The number of benzene rings is 11. The van der Waals surface area contributed by atoms with Gasteiger partial charge in [-0.05, 0) is 79.6 Å². The van der Waals surface area contributed by atoms with E-state index in [1.807, 2.05) is 0 Å². The van der Waals surface area contributed by atoms with Crippen LogP contribution in [0.1, 0.15) is 0 Å². The van der Waals surface area contributed by atoms with Gasteiger partial charge in [0, 0.05) is 44.9 Å². The average Bonchev–Trinajstić information content (AvgIpc) is 3.79. The summed E-state index contributed by atoms with van der Waals surface area (Å²) in [4.78, 5) is 2.52. The van der Waals surface area contributed by atoms with Crippen molar-refractivity contribution in [1.82, 2.24) is 4.57 Å². The summed E-state index contributed by atoms with van der Waals surface area (Å²) in [5.41, 5.74) is 21.9. The summed E-state index contributed by atoms with van der Waals surface area (Å²) in [7, 11) is 0. The van der Waals surface area contributed by atoms with Crippen molar-refractivity contribution >= 4 is 62.0 Å². The lowest BCUT2D eigenvalue weighted by molar-refractivity contribution is 0.487. The van der Waals surface area contributed by atoms with Crippen LogP contribution in [0.2, 0.25) is 0 Å². The van der Waals surface area contributed by atoms with E-state index in [9.17, 15) is 0 Å². The second-order valence-corrected chi connectivity index (χ2v) is 18.4. The van der Waals surface area contributed by atoms with Crippen LogP contribution >= 0.6 is 0 Å². The second-order valence-electron chi connectivity index (χ2n) is 18.4. The molecule has 0 saturated heterocycles. The Bertz CT molecular complexity index is 3870. The van der Waals surface area contributed by atoms with Gasteiger partial charge < -0.3 is 14.2 Å². The first-order chi connectivity index (χ1) is 34.7. The summed E-state index contributed by atoms with van der Waals surface area (Å²) in [5.74, 6) is 1.71. The molecule has 0 unspecified atom stereocenters. The third-order valence-electron chi connectivity index (χ3n) is 14.4. The molecule has 0 atom stereocenters. The van der Waals surface area contributed by atoms with Crippen LogP contribution in [0.25, 0.3) is 83.1 Å². The lowest BCUT2D eigenvalue weighted by Gasteiger charge is -2.41. The van der Waals surface area contributed by atoms with E-state index in [1.165, 1.54) is 55.2 Å². The van der Waals surface area contributed by atoms with Crippen molar-refractivity contribution in [2.24, 2.45) is 0 Å². The van der Waals surface area contributed by atoms with Gasteiger partial charge >= 0.3 is 0 Å². The molecule has 0 bridgehead atoms. The van der Waals surface area contributed by atoms with E-state index >= 15 is 0 Å². The van der Waals surface area contributed by atoms with Crippen molar-refractivity contribution in [1.29, 1.82) is 0 Å². The van der Waals surface area contributed by atoms with Gasteiger partial charge in [0.2, 0.25) is 0 Å². The number of fused-ring (bicyclic) bond motifs is 7. The number of para-hydroxylation sites is 3. The Morgan fingerprint density at radius 2 is 0.771 bits per heavy atom. The van der Waals surface area contributed by atoms with E-state index in [0.29, 0.717) is 0 Å². The molecule has 0 saturated carbocycles. The van der Waals surface area contributed by atoms with Crippen LogP contribution in [0.3, 0.4) is 0 Å². The Kier molecular flexibility index (Phi) is 9.31. The average molecular weight is 891 g/mol. The minimum atomic E-state index is -0.136. The maximum absolute atomic E-state index is 7.40. The van der Waals surface area contributed by atoms with Crippen LogP contribution in [0.4, 0.5) is 17.1 Å². The largest absolute Gasteiger partial charge is 0.458 e. The van der Waals surface area contributed by atoms with E-state index in [-0.39, 0.29) is 6.71 Å². The molecular formula is C66H43BN2O. The quantitative estimate of drug-likeness (QED) is 0.148. The summed E-state index contributed by atoms with van der Waals surface area (Å²) in [6.07, 6.45) is 0. The number of aromatic nitrogens is 1. The fourth-order valence-corrected chi connectivity index (χ4v) is 11.4. The van der Waals surface area contributed by atoms with Crippen molar-refractivity contribution in [3.8, 4) is 72.8 Å². The molecule has 14 rings (SSSR count). The first kappa shape index (κ1) is 40.0. The molecule has 11 aromatic carbocycles. The monoisotopic (exact) mass is 890 g/mol. The van der Waals surface area contributed by atoms with Gasteiger partial charge in [-0.25, -0.2) is 0 Å². The summed E-state index contributed by atoms with van der Waals surface area (Å²) in [5, 5.41) is 2.39. The predicted octanol–water partition coefficient (Wildman–Crippen LogP) is 15.5. The van der Waals surface area contributed by atoms with Gasteiger partial charge in [0.05, 0.1) is 22.4 Å². The maximum atomic E-state index is 7.40. The number of nitrogens with zero attached hydrogens (tertiary/aromatic N) is 2. The van der Waals surface area contributed by atoms with Crippen molar-refractivity contribution < 1.29 is 4.74 Å². The van der Waals surface area contributed by atoms with E-state index < -0.39 is 0 Å². The van der Waals surface area contributed by atoms with Gasteiger partial charge in [-0.15, -0.1) is 0 Å². The van der Waals surface area contributed by atoms with Gasteiger partial charge in [-0.2, -0.15) is 0 Å². The minimum Gasteiger partial charge on any atom is -0.458 e. The van der Waals surface area contributed by atoms with Gasteiger partial charge in [-0.1, -0.05) is 231 Å². The smallest absolute Gasteiger partial charge is 0.256 e. The third kappa shape index (κ3) is 6.38. The van der Waals surface area contributed by atoms with E-state index in [0.717, 1.165) is 72.9 Å². The summed E-state index contributed by atoms with van der Waals surface area (Å²) in [6.45, 7) is -0.136. The summed E-state index contributed by atoms with van der Waals surface area (Å²) in [6, 6.07) is 94.9. The number of anilines is 3. The fourth-order valence-electron chi connectivity index (χ4n) is 11.4. The van der Waals surface area contributed by atoms with Crippen LogP contribution < -0.4 is 26.0 Å². The van der Waals surface area contributed by atoms with E-state index in [2.05, 4.69) is 270 Å². The summed E-state index contributed by atoms with van der Waals surface area (Å²) < 4.78 is 9.92. The number of hydrogen-bond donors (Lipinski definition) is 0. The second kappa shape index (κ2) is 16.3. The van der Waals surface area contributed by atoms with Crippen molar-refractivity contribution in [2.45, 2.75) is 0 Å². The molecule has 3 heterocycles. The zero-order chi connectivity index (χ0) is 46.1. The van der Waals surface area contributed by atoms with Crippen LogP contribution in [0.15, 0.2) is 261 Å². The van der Waals surface area contributed by atoms with Crippen LogP contribution in [0, 0.1) is 0 Å². The predicted molar refractivity (Wildman–Crippen MR) is 294 cm³/mol. The molecule has 3 nitrogen and oxygen atoms in total. The molecule has 0 spiro atoms. The van der Waals surface area contributed by atoms with Gasteiger partial charge in [0.15, 0.2) is 0 Å². The first-order valence-electron chi connectivity index (χ1n) is 24.1. The normalized spacial score (nSPS) is 12.3. The molecule has 70 heavy (non-hydrogen) atoms. The Labute approximate surface area is 407 Å². The van der Waals surface area contributed by atoms with Gasteiger partial charge in [0.25, 0.3) is 6.71 Å². The molecule has 2 aliphatic rings. The van der Waals surface area contributed by atoms with Crippen LogP contribution in [0.5, 0.6) is 11.5 Å². The number of ether oxygens (including phenoxy) is 1. The van der Waals surface area contributed by atoms with Crippen molar-refractivity contribution in [2.75, 3.05) is 4.90 Å². The SMILES string of the molecule is c1ccc(-c2ccc3c(c2)B2c4cc(-c5ccccc5)ccc4N(c4ccccc4-c4ccccc4)c4cc(-n5c6c(-c7ccccc7)cccc6c6cccc(-c7ccccc7)c65)cc(c42)O3)cc1. The van der Waals surface area contributed by atoms with Crippen molar-refractivity contribution in [3.63, 3.8) is 0 Å². The minimum absolute atomic E-state index is 0.136. The highest BCUT2D eigenvalue weighted by Gasteiger charge is 2.43. The molecule has 0 amide bonds. The molecule has 0 aliphatic carbocycles. The molecule has 2 aliphatic heterocycles. The molecular weight excluding hydrogens is 848 g/mol. The first-order valence-corrected chi connectivity index (χ1v) is 24.1. The van der Waals surface area contributed by atoms with Gasteiger partial charge in [-0.3, -0.25) is 0 Å². The topological polar surface area (TPSA) is 17.4 Å². The molecule has 0 fully saturated rings. The lowest BCUT2D eigenvalue weighted by atomic mass is 9.34. The highest BCUT2D eigenvalue weighted by atomic mass is 16.5. The molecule has 0 N–H and O–H groups in total. The Morgan fingerprint density at radius 1 is 0.300 bits per heavy atom. The highest BCUT2D eigenvalue weighted by Crippen LogP contribution is 2.48. The standard InChI is InChI=1S/C66H43BN2O/c1-6-20-44(21-7-1)49-36-38-60-57(40-49)67-58-41-50(45-22-8-2-9-23-45)37-39-62(58)70-63-43-51(42-61(64(63)67)69(60)59-35-17-16-30-52(59)46-24-10-3-11-25-46)68-65-53(47-26-12-4-13-27-47)31-18-33-55(65)56-34-19-32-54(66(56)68)48-28-14-5-15-29-48/h1-43H. The number of hydrogen-bond acceptors (Lipinski definition) is 2. The van der Waals surface area contributed by atoms with Crippen LogP contribution in [-0.4, -0.2) is 11.3 Å². The Morgan fingerprint density at radius 3 is 1.34 bits per heavy atom. The third-order valence-corrected chi connectivity index (χ3v) is 14.4. The maximum Gasteiger partial charge on any atom is 0.256 e. The molecule has 326 valence electrons. The van der Waals surface area contributed by atoms with Crippen LogP contribution in [-0.2, 0) is 0 Å². The van der Waals surface area contributed by atoms with Crippen molar-refractivity contribution in [3.05, 3.63) is 261 Å². The number of rotatable bonds is 7. The molecule has 12 aromatic rings. The molecule has 1 aromatic heterocycles. The fraction of sp³-hybridized carbons (Fsp3) is 0. The highest BCUT2D eigenvalue weighted by molar-refractivity contribution is 6.99. The van der Waals surface area contributed by atoms with E-state index in [1.54, 1.807) is 0 Å². The Hall–Kier alpha value is -9.12.